The number of nitrogens with zero attached hydrogens (tertiary/aromatic N) is 6. The van der Waals surface area contributed by atoms with Gasteiger partial charge < -0.3 is 29.6 Å². The van der Waals surface area contributed by atoms with E-state index in [1.54, 1.807) is 24.3 Å². The second-order valence-corrected chi connectivity index (χ2v) is 18.1. The topological polar surface area (TPSA) is 147 Å². The van der Waals surface area contributed by atoms with Gasteiger partial charge in [-0.2, -0.15) is 0 Å². The summed E-state index contributed by atoms with van der Waals surface area (Å²) in [6, 6.07) is 11.2. The number of fused-ring (bicyclic) bond motifs is 2. The molecule has 2 amide bonds. The minimum Gasteiger partial charge on any atom is -0.469 e. The normalized spacial score (nSPS) is 20.4. The summed E-state index contributed by atoms with van der Waals surface area (Å²) in [5, 5.41) is 16.6. The van der Waals surface area contributed by atoms with Crippen LogP contribution in [0.1, 0.15) is 115 Å². The van der Waals surface area contributed by atoms with Crippen LogP contribution in [0.25, 0.3) is 11.1 Å². The largest absolute Gasteiger partial charge is 0.469 e. The van der Waals surface area contributed by atoms with Crippen LogP contribution in [-0.4, -0.2) is 90.7 Å². The summed E-state index contributed by atoms with van der Waals surface area (Å²) in [5.41, 5.74) is 6.16. The molecule has 8 rings (SSSR count). The molecular formula is C45H56Cl2N8O5. The summed E-state index contributed by atoms with van der Waals surface area (Å²) in [4.78, 5) is 53.9. The Balaban J connectivity index is 0.933. The van der Waals surface area contributed by atoms with Gasteiger partial charge in [0.2, 0.25) is 0 Å². The molecule has 2 aliphatic carbocycles. The number of aliphatic hydroxyl groups is 1. The van der Waals surface area contributed by atoms with Crippen molar-refractivity contribution in [2.75, 3.05) is 37.4 Å². The molecule has 2 saturated carbocycles. The van der Waals surface area contributed by atoms with E-state index in [1.807, 2.05) is 35.4 Å². The van der Waals surface area contributed by atoms with Gasteiger partial charge in [-0.05, 0) is 68.9 Å². The van der Waals surface area contributed by atoms with Crippen molar-refractivity contribution in [3.05, 3.63) is 80.9 Å². The molecule has 15 heteroatoms. The number of rotatable bonds is 12. The van der Waals surface area contributed by atoms with Gasteiger partial charge in [-0.25, -0.2) is 9.97 Å². The van der Waals surface area contributed by atoms with Gasteiger partial charge in [-0.3, -0.25) is 24.2 Å². The third-order valence-corrected chi connectivity index (χ3v) is 14.3. The molecule has 0 saturated heterocycles. The molecule has 0 radical (unpaired) electrons. The Morgan fingerprint density at radius 1 is 0.817 bits per heavy atom. The van der Waals surface area contributed by atoms with E-state index in [9.17, 15) is 19.5 Å². The number of hydrogen-bond acceptors (Lipinski definition) is 9. The average molecular weight is 860 g/mol. The van der Waals surface area contributed by atoms with Crippen molar-refractivity contribution >= 4 is 52.4 Å². The molecule has 4 heterocycles. The molecule has 2 aromatic heterocycles. The van der Waals surface area contributed by atoms with E-state index in [1.165, 1.54) is 20.0 Å². The summed E-state index contributed by atoms with van der Waals surface area (Å²) in [6.45, 7) is 4.09. The minimum atomic E-state index is -0.363. The first kappa shape index (κ1) is 42.4. The number of methoxy groups -OCH3 is 1. The molecule has 320 valence electrons. The monoisotopic (exact) mass is 858 g/mol. The maximum Gasteiger partial charge on any atom is 0.305 e. The first-order valence-corrected chi connectivity index (χ1v) is 22.2. The third-order valence-electron chi connectivity index (χ3n) is 13.5. The van der Waals surface area contributed by atoms with Gasteiger partial charge in [0, 0.05) is 94.6 Å². The lowest BCUT2D eigenvalue weighted by Crippen LogP contribution is -2.42. The minimum absolute atomic E-state index is 0.151. The Hall–Kier alpha value is -4.27. The number of hydrogen-bond donors (Lipinski definition) is 3. The Morgan fingerprint density at radius 3 is 1.93 bits per heavy atom. The number of halogens is 2. The van der Waals surface area contributed by atoms with Crippen molar-refractivity contribution < 1.29 is 24.2 Å². The predicted molar refractivity (Wildman–Crippen MR) is 232 cm³/mol. The van der Waals surface area contributed by atoms with Crippen LogP contribution in [0.3, 0.4) is 0 Å². The third kappa shape index (κ3) is 8.74. The molecule has 4 aromatic rings. The quantitative estimate of drug-likeness (QED) is 0.123. The SMILES string of the molecule is COC(=O)CCCC1(CN2CCc3c(nc(C(=O)Nc4cccc(-c5cccc(NC(=O)c6nc7c(n6C)CCN(C6CCC(O)CC6)C7)c5Cl)c4Cl)n3C)C2)CCCC1. The zero-order valence-corrected chi connectivity index (χ0v) is 36.4. The van der Waals surface area contributed by atoms with Gasteiger partial charge >= 0.3 is 5.97 Å². The summed E-state index contributed by atoms with van der Waals surface area (Å²) in [5.74, 6) is -0.240. The molecule has 2 fully saturated rings. The van der Waals surface area contributed by atoms with Crippen LogP contribution in [-0.2, 0) is 49.6 Å². The number of nitrogens with one attached hydrogen (secondary N) is 2. The Kier molecular flexibility index (Phi) is 12.7. The van der Waals surface area contributed by atoms with Gasteiger partial charge in [0.1, 0.15) is 0 Å². The second-order valence-electron chi connectivity index (χ2n) is 17.3. The van der Waals surface area contributed by atoms with E-state index < -0.39 is 0 Å². The number of aliphatic hydroxyl groups excluding tert-OH is 1. The van der Waals surface area contributed by atoms with Gasteiger partial charge in [0.15, 0.2) is 11.6 Å². The van der Waals surface area contributed by atoms with E-state index in [0.717, 1.165) is 107 Å². The summed E-state index contributed by atoms with van der Waals surface area (Å²) in [7, 11) is 5.21. The number of imidazole rings is 2. The summed E-state index contributed by atoms with van der Waals surface area (Å²) >= 11 is 14.0. The molecule has 13 nitrogen and oxygen atoms in total. The number of carbonyl (C=O) groups is 3. The van der Waals surface area contributed by atoms with Gasteiger partial charge in [-0.15, -0.1) is 0 Å². The molecule has 0 unspecified atom stereocenters. The number of ether oxygens (including phenoxy) is 1. The van der Waals surface area contributed by atoms with Crippen LogP contribution in [0.15, 0.2) is 36.4 Å². The van der Waals surface area contributed by atoms with Crippen LogP contribution in [0.4, 0.5) is 11.4 Å². The molecule has 60 heavy (non-hydrogen) atoms. The van der Waals surface area contributed by atoms with Crippen LogP contribution >= 0.6 is 23.2 Å². The van der Waals surface area contributed by atoms with Crippen molar-refractivity contribution in [3.63, 3.8) is 0 Å². The molecule has 2 aliphatic heterocycles. The second kappa shape index (κ2) is 18.0. The molecule has 0 atom stereocenters. The fourth-order valence-electron chi connectivity index (χ4n) is 10.2. The first-order valence-electron chi connectivity index (χ1n) is 21.4. The average Bonchev–Trinajstić information content (AvgIpc) is 3.94. The van der Waals surface area contributed by atoms with Crippen molar-refractivity contribution in [2.45, 2.75) is 109 Å². The smallest absolute Gasteiger partial charge is 0.305 e. The van der Waals surface area contributed by atoms with E-state index in [4.69, 9.17) is 37.9 Å². The highest BCUT2D eigenvalue weighted by atomic mass is 35.5. The standard InChI is InChI=1S/C45H56Cl2N8O5/c1-52-36-18-23-54(27-45(20-4-5-21-45)22-8-13-38(57)60-3)25-34(36)48-41(52)43(58)50-32-11-6-9-30(39(32)46)31-10-7-12-33(40(31)47)51-44(59)42-49-35-26-55(24-19-37(35)53(42)2)28-14-16-29(56)17-15-28/h6-7,9-12,28-29,56H,4-5,8,13-27H2,1-3H3,(H,50,58)(H,51,59). The van der Waals surface area contributed by atoms with Gasteiger partial charge in [0.05, 0.1) is 46.0 Å². The maximum atomic E-state index is 13.9. The Bertz CT molecular complexity index is 2260. The highest BCUT2D eigenvalue weighted by Crippen LogP contribution is 2.44. The molecule has 4 aliphatic rings. The molecule has 0 spiro atoms. The van der Waals surface area contributed by atoms with Crippen LogP contribution in [0, 0.1) is 5.41 Å². The van der Waals surface area contributed by atoms with E-state index in [-0.39, 0.29) is 29.3 Å². The van der Waals surface area contributed by atoms with Crippen molar-refractivity contribution in [2.24, 2.45) is 19.5 Å². The maximum absolute atomic E-state index is 13.9. The first-order chi connectivity index (χ1) is 28.9. The van der Waals surface area contributed by atoms with E-state index >= 15 is 0 Å². The van der Waals surface area contributed by atoms with Crippen molar-refractivity contribution in [1.29, 1.82) is 0 Å². The fourth-order valence-corrected chi connectivity index (χ4v) is 10.8. The van der Waals surface area contributed by atoms with E-state index in [2.05, 4.69) is 20.4 Å². The summed E-state index contributed by atoms with van der Waals surface area (Å²) < 4.78 is 8.65. The van der Waals surface area contributed by atoms with Crippen molar-refractivity contribution in [1.82, 2.24) is 28.9 Å². The van der Waals surface area contributed by atoms with Crippen LogP contribution < -0.4 is 10.6 Å². The van der Waals surface area contributed by atoms with Crippen molar-refractivity contribution in [3.8, 4) is 11.1 Å². The number of esters is 1. The highest BCUT2D eigenvalue weighted by Gasteiger charge is 2.37. The van der Waals surface area contributed by atoms with Crippen LogP contribution in [0.2, 0.25) is 10.0 Å². The molecule has 3 N–H and O–H groups in total. The number of benzene rings is 2. The highest BCUT2D eigenvalue weighted by molar-refractivity contribution is 6.40. The lowest BCUT2D eigenvalue weighted by molar-refractivity contribution is -0.140. The van der Waals surface area contributed by atoms with E-state index in [0.29, 0.717) is 69.7 Å². The fraction of sp³-hybridized carbons (Fsp3) is 0.533. The van der Waals surface area contributed by atoms with Crippen LogP contribution in [0.5, 0.6) is 0 Å². The number of aromatic nitrogens is 4. The zero-order chi connectivity index (χ0) is 42.1. The predicted octanol–water partition coefficient (Wildman–Crippen LogP) is 7.56. The molecular weight excluding hydrogens is 803 g/mol. The Morgan fingerprint density at radius 2 is 1.37 bits per heavy atom. The molecule has 0 bridgehead atoms. The molecule has 2 aromatic carbocycles. The zero-order valence-electron chi connectivity index (χ0n) is 34.9. The lowest BCUT2D eigenvalue weighted by Gasteiger charge is -2.37. The number of amides is 2. The van der Waals surface area contributed by atoms with Gasteiger partial charge in [-0.1, -0.05) is 60.3 Å². The number of carbonyl (C=O) groups excluding carboxylic acids is 3. The summed E-state index contributed by atoms with van der Waals surface area (Å²) in [6.07, 6.45) is 12.0. The number of anilines is 2. The van der Waals surface area contributed by atoms with Gasteiger partial charge in [0.25, 0.3) is 11.8 Å². The lowest BCUT2D eigenvalue weighted by atomic mass is 9.80. The Labute approximate surface area is 361 Å².